The number of nitrogens with zero attached hydrogens (tertiary/aromatic N) is 2. The number of carbonyl (C=O) groups is 1. The van der Waals surface area contributed by atoms with Crippen LogP contribution in [-0.2, 0) is 11.2 Å². The van der Waals surface area contributed by atoms with Crippen molar-refractivity contribution in [3.63, 3.8) is 0 Å². The molecule has 1 aliphatic heterocycles. The topological polar surface area (TPSA) is 66.0 Å². The second-order valence-corrected chi connectivity index (χ2v) is 7.69. The van der Waals surface area contributed by atoms with Crippen molar-refractivity contribution >= 4 is 35.8 Å². The molecule has 1 heterocycles. The predicted octanol–water partition coefficient (Wildman–Crippen LogP) is 3.25. The fourth-order valence-electron chi connectivity index (χ4n) is 3.62. The van der Waals surface area contributed by atoms with Crippen molar-refractivity contribution in [3.8, 4) is 5.75 Å². The van der Waals surface area contributed by atoms with Crippen LogP contribution >= 0.6 is 24.0 Å². The highest BCUT2D eigenvalue weighted by Gasteiger charge is 2.29. The molecule has 0 bridgehead atoms. The first-order valence-corrected chi connectivity index (χ1v) is 10.6. The average Bonchev–Trinajstić information content (AvgIpc) is 3.12. The van der Waals surface area contributed by atoms with Crippen molar-refractivity contribution in [2.45, 2.75) is 19.8 Å². The molecule has 1 aliphatic rings. The lowest BCUT2D eigenvalue weighted by molar-refractivity contribution is -0.127. The zero-order chi connectivity index (χ0) is 21.2. The molecule has 1 atom stereocenters. The lowest BCUT2D eigenvalue weighted by Crippen LogP contribution is -2.41. The molecule has 2 aromatic rings. The smallest absolute Gasteiger partial charge is 0.223 e. The molecular weight excluding hydrogens is 503 g/mol. The predicted molar refractivity (Wildman–Crippen MR) is 136 cm³/mol. The zero-order valence-corrected chi connectivity index (χ0v) is 20.7. The van der Waals surface area contributed by atoms with E-state index in [-0.39, 0.29) is 29.9 Å². The summed E-state index contributed by atoms with van der Waals surface area (Å²) in [4.78, 5) is 18.6. The van der Waals surface area contributed by atoms with Gasteiger partial charge in [-0.3, -0.25) is 9.79 Å². The minimum absolute atomic E-state index is 0. The van der Waals surface area contributed by atoms with Crippen LogP contribution in [0.5, 0.6) is 5.75 Å². The maximum atomic E-state index is 12.3. The van der Waals surface area contributed by atoms with Gasteiger partial charge in [-0.15, -0.1) is 24.0 Å². The van der Waals surface area contributed by atoms with E-state index in [1.165, 1.54) is 11.1 Å². The summed E-state index contributed by atoms with van der Waals surface area (Å²) in [6, 6.07) is 18.3. The Morgan fingerprint density at radius 3 is 2.71 bits per heavy atom. The summed E-state index contributed by atoms with van der Waals surface area (Å²) in [5.41, 5.74) is 2.45. The van der Waals surface area contributed by atoms with Crippen molar-refractivity contribution < 1.29 is 9.53 Å². The molecule has 0 radical (unpaired) electrons. The van der Waals surface area contributed by atoms with Gasteiger partial charge in [-0.25, -0.2) is 0 Å². The van der Waals surface area contributed by atoms with Crippen LogP contribution in [0.3, 0.4) is 0 Å². The Morgan fingerprint density at radius 1 is 1.16 bits per heavy atom. The molecule has 0 aliphatic carbocycles. The van der Waals surface area contributed by atoms with Crippen LogP contribution in [0.25, 0.3) is 0 Å². The molecule has 2 N–H and O–H groups in total. The van der Waals surface area contributed by atoms with E-state index >= 15 is 0 Å². The van der Waals surface area contributed by atoms with E-state index in [2.05, 4.69) is 27.8 Å². The van der Waals surface area contributed by atoms with Gasteiger partial charge in [-0.2, -0.15) is 0 Å². The monoisotopic (exact) mass is 536 g/mol. The number of benzene rings is 2. The quantitative estimate of drug-likeness (QED) is 0.224. The van der Waals surface area contributed by atoms with Gasteiger partial charge in [0.2, 0.25) is 5.91 Å². The van der Waals surface area contributed by atoms with Crippen molar-refractivity contribution in [2.24, 2.45) is 10.9 Å². The van der Waals surface area contributed by atoms with Crippen LogP contribution in [0.1, 0.15) is 17.5 Å². The molecule has 1 fully saturated rings. The van der Waals surface area contributed by atoms with E-state index in [0.717, 1.165) is 37.8 Å². The third-order valence-electron chi connectivity index (χ3n) is 5.24. The summed E-state index contributed by atoms with van der Waals surface area (Å²) >= 11 is 0. The van der Waals surface area contributed by atoms with Crippen molar-refractivity contribution in [3.05, 3.63) is 65.7 Å². The van der Waals surface area contributed by atoms with E-state index in [9.17, 15) is 4.79 Å². The van der Waals surface area contributed by atoms with Crippen LogP contribution in [0.15, 0.2) is 59.6 Å². The summed E-state index contributed by atoms with van der Waals surface area (Å²) in [6.07, 6.45) is 1.49. The lowest BCUT2D eigenvalue weighted by atomic mass is 10.1. The van der Waals surface area contributed by atoms with Crippen molar-refractivity contribution in [1.82, 2.24) is 15.5 Å². The molecule has 3 rings (SSSR count). The number of nitrogens with one attached hydrogen (secondary N) is 2. The molecule has 0 saturated carbocycles. The number of amides is 1. The second kappa shape index (κ2) is 13.2. The maximum Gasteiger partial charge on any atom is 0.223 e. The van der Waals surface area contributed by atoms with E-state index in [1.54, 1.807) is 7.05 Å². The number of ether oxygens (including phenoxy) is 1. The number of guanidine groups is 1. The van der Waals surface area contributed by atoms with E-state index in [1.807, 2.05) is 54.3 Å². The molecule has 7 heteroatoms. The Bertz CT molecular complexity index is 844. The fourth-order valence-corrected chi connectivity index (χ4v) is 3.62. The van der Waals surface area contributed by atoms with Crippen LogP contribution in [-0.4, -0.2) is 56.6 Å². The highest BCUT2D eigenvalue weighted by molar-refractivity contribution is 14.0. The highest BCUT2D eigenvalue weighted by atomic mass is 127. The Labute approximate surface area is 202 Å². The summed E-state index contributed by atoms with van der Waals surface area (Å²) in [5, 5.41) is 6.60. The van der Waals surface area contributed by atoms with Crippen LogP contribution in [0.2, 0.25) is 0 Å². The van der Waals surface area contributed by atoms with Crippen LogP contribution < -0.4 is 15.4 Å². The normalized spacial score (nSPS) is 16.1. The summed E-state index contributed by atoms with van der Waals surface area (Å²) in [6.45, 7) is 5.56. The Kier molecular flexibility index (Phi) is 10.6. The number of aliphatic imine (C=N–C) groups is 1. The Hall–Kier alpha value is -2.29. The van der Waals surface area contributed by atoms with Gasteiger partial charge < -0.3 is 20.3 Å². The number of aryl methyl sites for hydroxylation is 1. The van der Waals surface area contributed by atoms with Crippen LogP contribution in [0.4, 0.5) is 0 Å². The molecule has 6 nitrogen and oxygen atoms in total. The Morgan fingerprint density at radius 2 is 1.97 bits per heavy atom. The Balaban J connectivity index is 0.00000341. The molecule has 0 aromatic heterocycles. The number of rotatable bonds is 9. The van der Waals surface area contributed by atoms with Gasteiger partial charge >= 0.3 is 0 Å². The number of halogens is 1. The van der Waals surface area contributed by atoms with Crippen molar-refractivity contribution in [1.29, 1.82) is 0 Å². The number of carbonyl (C=O) groups excluding carboxylic acids is 1. The third kappa shape index (κ3) is 8.40. The van der Waals surface area contributed by atoms with E-state index in [0.29, 0.717) is 25.5 Å². The fraction of sp³-hybridized carbons (Fsp3) is 0.417. The highest BCUT2D eigenvalue weighted by Crippen LogP contribution is 2.17. The van der Waals surface area contributed by atoms with Gasteiger partial charge in [0.05, 0.1) is 6.54 Å². The number of hydrogen-bond donors (Lipinski definition) is 2. The van der Waals surface area contributed by atoms with Gasteiger partial charge in [-0.05, 0) is 36.6 Å². The molecule has 0 spiro atoms. The number of likely N-dealkylation sites (tertiary alicyclic amines) is 1. The summed E-state index contributed by atoms with van der Waals surface area (Å²) in [7, 11) is 1.75. The van der Waals surface area contributed by atoms with Gasteiger partial charge in [0.15, 0.2) is 5.96 Å². The van der Waals surface area contributed by atoms with Gasteiger partial charge in [-0.1, -0.05) is 42.5 Å². The standard InChI is InChI=1S/C24H32N4O2.HI/c1-19-7-6-10-22(15-19)30-14-12-26-24(25-2)27-17-21-16-23(29)28(18-21)13-11-20-8-4-3-5-9-20;/h3-10,15,21H,11-14,16-18H2,1-2H3,(H2,25,26,27);1H. The minimum Gasteiger partial charge on any atom is -0.492 e. The number of hydrogen-bond acceptors (Lipinski definition) is 3. The average molecular weight is 536 g/mol. The molecule has 31 heavy (non-hydrogen) atoms. The maximum absolute atomic E-state index is 12.3. The molecule has 1 unspecified atom stereocenters. The van der Waals surface area contributed by atoms with Gasteiger partial charge in [0.25, 0.3) is 0 Å². The molecule has 1 amide bonds. The molecule has 2 aromatic carbocycles. The first-order chi connectivity index (χ1) is 14.6. The van der Waals surface area contributed by atoms with Crippen molar-refractivity contribution in [2.75, 3.05) is 39.8 Å². The lowest BCUT2D eigenvalue weighted by Gasteiger charge is -2.18. The first kappa shape index (κ1) is 25.0. The van der Waals surface area contributed by atoms with Crippen LogP contribution in [0, 0.1) is 12.8 Å². The first-order valence-electron chi connectivity index (χ1n) is 10.6. The molecule has 168 valence electrons. The van der Waals surface area contributed by atoms with Gasteiger partial charge in [0, 0.05) is 39.0 Å². The second-order valence-electron chi connectivity index (χ2n) is 7.69. The third-order valence-corrected chi connectivity index (χ3v) is 5.24. The summed E-state index contributed by atoms with van der Waals surface area (Å²) in [5.74, 6) is 2.15. The SMILES string of the molecule is CN=C(NCCOc1cccc(C)c1)NCC1CC(=O)N(CCc2ccccc2)C1.I. The summed E-state index contributed by atoms with van der Waals surface area (Å²) < 4.78 is 5.75. The molecule has 1 saturated heterocycles. The van der Waals surface area contributed by atoms with E-state index < -0.39 is 0 Å². The van der Waals surface area contributed by atoms with E-state index in [4.69, 9.17) is 4.74 Å². The zero-order valence-electron chi connectivity index (χ0n) is 18.3. The van der Waals surface area contributed by atoms with Gasteiger partial charge in [0.1, 0.15) is 12.4 Å². The largest absolute Gasteiger partial charge is 0.492 e. The minimum atomic E-state index is 0. The molecular formula is C24H33IN4O2.